The van der Waals surface area contributed by atoms with Crippen LogP contribution in [0.5, 0.6) is 0 Å². The summed E-state index contributed by atoms with van der Waals surface area (Å²) in [6, 6.07) is 15.7. The number of nitrogens with zero attached hydrogens (tertiary/aromatic N) is 4. The molecule has 0 aliphatic carbocycles. The molecule has 2 heterocycles. The van der Waals surface area contributed by atoms with Gasteiger partial charge >= 0.3 is 0 Å². The van der Waals surface area contributed by atoms with Crippen LogP contribution in [-0.4, -0.2) is 28.4 Å². The molecule has 0 unspecified atom stereocenters. The zero-order chi connectivity index (χ0) is 15.2. The van der Waals surface area contributed by atoms with Gasteiger partial charge in [-0.3, -0.25) is 9.98 Å². The van der Waals surface area contributed by atoms with E-state index in [1.807, 2.05) is 48.5 Å². The van der Waals surface area contributed by atoms with E-state index < -0.39 is 0 Å². The molecule has 0 saturated carbocycles. The number of hydrogen-bond acceptors (Lipinski definition) is 5. The Morgan fingerprint density at radius 1 is 1.00 bits per heavy atom. The summed E-state index contributed by atoms with van der Waals surface area (Å²) in [5, 5.41) is 11.3. The SMILES string of the molecule is CN=Cc1ccc(Nc2ccc(-c3cccnn3)cc2)cn1. The zero-order valence-electron chi connectivity index (χ0n) is 12.1. The molecule has 22 heavy (non-hydrogen) atoms. The van der Waals surface area contributed by atoms with Crippen LogP contribution >= 0.6 is 0 Å². The summed E-state index contributed by atoms with van der Waals surface area (Å²) in [5.41, 5.74) is 4.66. The fourth-order valence-corrected chi connectivity index (χ4v) is 2.03. The van der Waals surface area contributed by atoms with Crippen LogP contribution in [0.15, 0.2) is 65.9 Å². The Morgan fingerprint density at radius 3 is 2.45 bits per heavy atom. The van der Waals surface area contributed by atoms with Gasteiger partial charge in [0, 0.05) is 30.7 Å². The van der Waals surface area contributed by atoms with Crippen LogP contribution in [0, 0.1) is 0 Å². The van der Waals surface area contributed by atoms with Crippen molar-refractivity contribution in [1.29, 1.82) is 0 Å². The highest BCUT2D eigenvalue weighted by molar-refractivity contribution is 5.77. The lowest BCUT2D eigenvalue weighted by molar-refractivity contribution is 1.04. The molecule has 5 heteroatoms. The first-order chi connectivity index (χ1) is 10.8. The predicted octanol–water partition coefficient (Wildman–Crippen LogP) is 3.33. The van der Waals surface area contributed by atoms with Gasteiger partial charge in [-0.1, -0.05) is 12.1 Å². The zero-order valence-corrected chi connectivity index (χ0v) is 12.1. The fourth-order valence-electron chi connectivity index (χ4n) is 2.03. The van der Waals surface area contributed by atoms with E-state index in [2.05, 4.69) is 25.5 Å². The Morgan fingerprint density at radius 2 is 1.82 bits per heavy atom. The van der Waals surface area contributed by atoms with Gasteiger partial charge in [-0.15, -0.1) is 0 Å². The quantitative estimate of drug-likeness (QED) is 0.748. The lowest BCUT2D eigenvalue weighted by Crippen LogP contribution is -1.93. The van der Waals surface area contributed by atoms with Gasteiger partial charge in [0.25, 0.3) is 0 Å². The van der Waals surface area contributed by atoms with Gasteiger partial charge in [-0.05, 0) is 36.4 Å². The average Bonchev–Trinajstić information content (AvgIpc) is 2.58. The first kappa shape index (κ1) is 13.9. The molecule has 0 aliphatic heterocycles. The van der Waals surface area contributed by atoms with E-state index >= 15 is 0 Å². The van der Waals surface area contributed by atoms with Crippen molar-refractivity contribution in [2.75, 3.05) is 12.4 Å². The second-order valence-corrected chi connectivity index (χ2v) is 4.67. The Labute approximate surface area is 128 Å². The van der Waals surface area contributed by atoms with Crippen molar-refractivity contribution in [3.8, 4) is 11.3 Å². The van der Waals surface area contributed by atoms with Crippen LogP contribution in [-0.2, 0) is 0 Å². The van der Waals surface area contributed by atoms with Crippen molar-refractivity contribution in [2.24, 2.45) is 4.99 Å². The Balaban J connectivity index is 1.73. The summed E-state index contributed by atoms with van der Waals surface area (Å²) in [6.07, 6.45) is 5.17. The standard InChI is InChI=1S/C17H15N5/c1-18-11-15-8-9-16(12-19-15)21-14-6-4-13(5-7-14)17-3-2-10-20-22-17/h2-12,21H,1H3. The maximum absolute atomic E-state index is 4.30. The molecular formula is C17H15N5. The van der Waals surface area contributed by atoms with Gasteiger partial charge < -0.3 is 5.32 Å². The molecule has 0 fully saturated rings. The van der Waals surface area contributed by atoms with E-state index in [-0.39, 0.29) is 0 Å². The molecule has 2 aromatic heterocycles. The molecule has 0 amide bonds. The normalized spacial score (nSPS) is 10.8. The van der Waals surface area contributed by atoms with E-state index in [0.717, 1.165) is 28.3 Å². The minimum absolute atomic E-state index is 0.839. The summed E-state index contributed by atoms with van der Waals surface area (Å²) in [5.74, 6) is 0. The Hall–Kier alpha value is -3.08. The molecule has 1 aromatic carbocycles. The molecule has 3 aromatic rings. The Bertz CT molecular complexity index is 749. The summed E-state index contributed by atoms with van der Waals surface area (Å²) >= 11 is 0. The van der Waals surface area contributed by atoms with E-state index in [0.29, 0.717) is 0 Å². The summed E-state index contributed by atoms with van der Waals surface area (Å²) in [6.45, 7) is 0. The molecule has 108 valence electrons. The molecule has 0 radical (unpaired) electrons. The second kappa shape index (κ2) is 6.58. The number of hydrogen-bond donors (Lipinski definition) is 1. The van der Waals surface area contributed by atoms with Gasteiger partial charge in [-0.25, -0.2) is 0 Å². The number of benzene rings is 1. The molecule has 0 atom stereocenters. The van der Waals surface area contributed by atoms with Crippen molar-refractivity contribution in [2.45, 2.75) is 0 Å². The molecule has 0 aliphatic rings. The van der Waals surface area contributed by atoms with E-state index in [1.54, 1.807) is 25.7 Å². The third-order valence-electron chi connectivity index (χ3n) is 3.09. The number of pyridine rings is 1. The highest BCUT2D eigenvalue weighted by Crippen LogP contribution is 2.21. The third-order valence-corrected chi connectivity index (χ3v) is 3.09. The van der Waals surface area contributed by atoms with Gasteiger partial charge in [-0.2, -0.15) is 10.2 Å². The van der Waals surface area contributed by atoms with Gasteiger partial charge in [0.05, 0.1) is 23.3 Å². The smallest absolute Gasteiger partial charge is 0.0929 e. The van der Waals surface area contributed by atoms with Crippen LogP contribution in [0.1, 0.15) is 5.69 Å². The lowest BCUT2D eigenvalue weighted by atomic mass is 10.1. The van der Waals surface area contributed by atoms with E-state index in [4.69, 9.17) is 0 Å². The number of nitrogens with one attached hydrogen (secondary N) is 1. The van der Waals surface area contributed by atoms with Gasteiger partial charge in [0.15, 0.2) is 0 Å². The molecule has 0 saturated heterocycles. The second-order valence-electron chi connectivity index (χ2n) is 4.67. The van der Waals surface area contributed by atoms with Crippen molar-refractivity contribution >= 4 is 17.6 Å². The van der Waals surface area contributed by atoms with Crippen LogP contribution in [0.25, 0.3) is 11.3 Å². The van der Waals surface area contributed by atoms with Gasteiger partial charge in [0.2, 0.25) is 0 Å². The fraction of sp³-hybridized carbons (Fsp3) is 0.0588. The molecular weight excluding hydrogens is 274 g/mol. The van der Waals surface area contributed by atoms with Crippen molar-refractivity contribution in [3.05, 3.63) is 66.6 Å². The topological polar surface area (TPSA) is 63.1 Å². The van der Waals surface area contributed by atoms with Crippen molar-refractivity contribution in [1.82, 2.24) is 15.2 Å². The number of aromatic nitrogens is 3. The molecule has 1 N–H and O–H groups in total. The molecule has 3 rings (SSSR count). The summed E-state index contributed by atoms with van der Waals surface area (Å²) in [7, 11) is 1.73. The van der Waals surface area contributed by atoms with Crippen LogP contribution in [0.3, 0.4) is 0 Å². The summed E-state index contributed by atoms with van der Waals surface area (Å²) in [4.78, 5) is 8.24. The molecule has 5 nitrogen and oxygen atoms in total. The van der Waals surface area contributed by atoms with E-state index in [1.165, 1.54) is 0 Å². The lowest BCUT2D eigenvalue weighted by Gasteiger charge is -2.07. The minimum Gasteiger partial charge on any atom is -0.354 e. The van der Waals surface area contributed by atoms with E-state index in [9.17, 15) is 0 Å². The first-order valence-electron chi connectivity index (χ1n) is 6.88. The maximum atomic E-state index is 4.30. The number of aliphatic imine (C=N–C) groups is 1. The molecule has 0 spiro atoms. The van der Waals surface area contributed by atoms with Crippen LogP contribution in [0.2, 0.25) is 0 Å². The number of anilines is 2. The average molecular weight is 289 g/mol. The Kier molecular flexibility index (Phi) is 4.15. The van der Waals surface area contributed by atoms with Crippen LogP contribution in [0.4, 0.5) is 11.4 Å². The molecule has 0 bridgehead atoms. The maximum Gasteiger partial charge on any atom is 0.0929 e. The predicted molar refractivity (Wildman–Crippen MR) is 88.5 cm³/mol. The van der Waals surface area contributed by atoms with Crippen LogP contribution < -0.4 is 5.32 Å². The minimum atomic E-state index is 0.839. The largest absolute Gasteiger partial charge is 0.354 e. The first-order valence-corrected chi connectivity index (χ1v) is 6.88. The van der Waals surface area contributed by atoms with Gasteiger partial charge in [0.1, 0.15) is 0 Å². The monoisotopic (exact) mass is 289 g/mol. The van der Waals surface area contributed by atoms with Crippen molar-refractivity contribution in [3.63, 3.8) is 0 Å². The third kappa shape index (κ3) is 3.32. The highest BCUT2D eigenvalue weighted by atomic mass is 15.1. The van der Waals surface area contributed by atoms with Crippen molar-refractivity contribution < 1.29 is 0 Å². The highest BCUT2D eigenvalue weighted by Gasteiger charge is 2.00. The number of rotatable bonds is 4. The summed E-state index contributed by atoms with van der Waals surface area (Å²) < 4.78 is 0.